The number of hydrogen-bond acceptors (Lipinski definition) is 5. The first-order valence-electron chi connectivity index (χ1n) is 7.44. The van der Waals surface area contributed by atoms with Crippen LogP contribution >= 0.6 is 0 Å². The third kappa shape index (κ3) is 2.92. The highest BCUT2D eigenvalue weighted by molar-refractivity contribution is 5.97. The van der Waals surface area contributed by atoms with Gasteiger partial charge in [-0.2, -0.15) is 0 Å². The molecule has 1 N–H and O–H groups in total. The maximum absolute atomic E-state index is 12.7. The molecule has 7 nitrogen and oxygen atoms in total. The molecule has 0 atom stereocenters. The summed E-state index contributed by atoms with van der Waals surface area (Å²) in [6.45, 7) is 2.56. The summed E-state index contributed by atoms with van der Waals surface area (Å²) < 4.78 is 16.4. The van der Waals surface area contributed by atoms with Crippen LogP contribution in [-0.2, 0) is 6.54 Å². The highest BCUT2D eigenvalue weighted by Gasteiger charge is 2.24. The van der Waals surface area contributed by atoms with Gasteiger partial charge in [0.05, 0.1) is 12.1 Å². The molecule has 0 spiro atoms. The predicted molar refractivity (Wildman–Crippen MR) is 83.6 cm³/mol. The minimum atomic E-state index is -1.06. The molecule has 3 rings (SSSR count). The number of rotatable bonds is 4. The summed E-state index contributed by atoms with van der Waals surface area (Å²) in [6.07, 6.45) is 0. The van der Waals surface area contributed by atoms with Crippen molar-refractivity contribution in [2.24, 2.45) is 0 Å². The van der Waals surface area contributed by atoms with Gasteiger partial charge in [-0.05, 0) is 25.1 Å². The zero-order valence-electron chi connectivity index (χ0n) is 13.4. The highest BCUT2D eigenvalue weighted by Crippen LogP contribution is 2.34. The molecule has 0 radical (unpaired) electrons. The molecule has 0 saturated carbocycles. The minimum absolute atomic E-state index is 0.0969. The van der Waals surface area contributed by atoms with Crippen molar-refractivity contribution >= 4 is 11.9 Å². The Balaban J connectivity index is 1.81. The Hall–Kier alpha value is -2.96. The fourth-order valence-electron chi connectivity index (χ4n) is 2.59. The topological polar surface area (TPSA) is 89.2 Å². The maximum Gasteiger partial charge on any atom is 0.339 e. The number of carbonyl (C=O) groups is 2. The van der Waals surface area contributed by atoms with Gasteiger partial charge in [-0.25, -0.2) is 4.79 Å². The molecule has 24 heavy (non-hydrogen) atoms. The lowest BCUT2D eigenvalue weighted by Gasteiger charge is -2.23. The van der Waals surface area contributed by atoms with E-state index in [9.17, 15) is 9.59 Å². The fraction of sp³-hybridized carbons (Fsp3) is 0.294. The molecule has 2 heterocycles. The van der Waals surface area contributed by atoms with Gasteiger partial charge in [0.2, 0.25) is 0 Å². The molecule has 1 amide bonds. The van der Waals surface area contributed by atoms with Crippen LogP contribution in [0.3, 0.4) is 0 Å². The minimum Gasteiger partial charge on any atom is -0.486 e. The zero-order valence-corrected chi connectivity index (χ0v) is 13.4. The quantitative estimate of drug-likeness (QED) is 0.925. The summed E-state index contributed by atoms with van der Waals surface area (Å²) in [7, 11) is 1.61. The SMILES string of the molecule is Cc1oc(CN(C)C(=O)c2cccc3c2OCCO3)cc1C(=O)O. The van der Waals surface area contributed by atoms with Gasteiger partial charge in [-0.15, -0.1) is 0 Å². The first kappa shape index (κ1) is 15.9. The molecular formula is C17H17NO6. The van der Waals surface area contributed by atoms with Crippen LogP contribution in [0.25, 0.3) is 0 Å². The lowest BCUT2D eigenvalue weighted by atomic mass is 10.1. The molecule has 1 aliphatic heterocycles. The Morgan fingerprint density at radius 3 is 2.67 bits per heavy atom. The number of amides is 1. The summed E-state index contributed by atoms with van der Waals surface area (Å²) in [4.78, 5) is 25.2. The summed E-state index contributed by atoms with van der Waals surface area (Å²) >= 11 is 0. The maximum atomic E-state index is 12.7. The van der Waals surface area contributed by atoms with Crippen molar-refractivity contribution in [2.75, 3.05) is 20.3 Å². The average molecular weight is 331 g/mol. The van der Waals surface area contributed by atoms with Crippen LogP contribution in [-0.4, -0.2) is 42.1 Å². The number of carboxylic acids is 1. The van der Waals surface area contributed by atoms with E-state index in [2.05, 4.69) is 0 Å². The van der Waals surface area contributed by atoms with Gasteiger partial charge in [0.15, 0.2) is 11.5 Å². The summed E-state index contributed by atoms with van der Waals surface area (Å²) in [5, 5.41) is 9.06. The van der Waals surface area contributed by atoms with E-state index in [-0.39, 0.29) is 18.0 Å². The van der Waals surface area contributed by atoms with E-state index in [1.54, 1.807) is 32.2 Å². The van der Waals surface area contributed by atoms with Gasteiger partial charge in [0.1, 0.15) is 30.3 Å². The molecule has 0 fully saturated rings. The second kappa shape index (κ2) is 6.27. The van der Waals surface area contributed by atoms with Gasteiger partial charge < -0.3 is 23.9 Å². The molecular weight excluding hydrogens is 314 g/mol. The Morgan fingerprint density at radius 2 is 1.96 bits per heavy atom. The summed E-state index contributed by atoms with van der Waals surface area (Å²) in [5.41, 5.74) is 0.496. The van der Waals surface area contributed by atoms with Gasteiger partial charge in [0, 0.05) is 7.05 Å². The number of carbonyl (C=O) groups excluding carboxylic acids is 1. The van der Waals surface area contributed by atoms with Crippen molar-refractivity contribution in [1.82, 2.24) is 4.90 Å². The number of nitrogens with zero attached hydrogens (tertiary/aromatic N) is 1. The number of aromatic carboxylic acids is 1. The van der Waals surface area contributed by atoms with E-state index >= 15 is 0 Å². The van der Waals surface area contributed by atoms with E-state index in [1.165, 1.54) is 11.0 Å². The van der Waals surface area contributed by atoms with Crippen LogP contribution in [0.2, 0.25) is 0 Å². The van der Waals surface area contributed by atoms with Crippen molar-refractivity contribution in [1.29, 1.82) is 0 Å². The van der Waals surface area contributed by atoms with Crippen LogP contribution < -0.4 is 9.47 Å². The number of benzene rings is 1. The zero-order chi connectivity index (χ0) is 17.3. The average Bonchev–Trinajstić information content (AvgIpc) is 2.94. The van der Waals surface area contributed by atoms with E-state index in [1.807, 2.05) is 0 Å². The number of aryl methyl sites for hydroxylation is 1. The molecule has 0 aliphatic carbocycles. The lowest BCUT2D eigenvalue weighted by molar-refractivity contribution is 0.0694. The number of para-hydroxylation sites is 1. The summed E-state index contributed by atoms with van der Waals surface area (Å²) in [5.74, 6) is 0.377. The second-order valence-electron chi connectivity index (χ2n) is 5.48. The third-order valence-electron chi connectivity index (χ3n) is 3.74. The Morgan fingerprint density at radius 1 is 1.21 bits per heavy atom. The highest BCUT2D eigenvalue weighted by atomic mass is 16.6. The molecule has 0 bridgehead atoms. The Bertz CT molecular complexity index is 794. The van der Waals surface area contributed by atoms with Crippen LogP contribution in [0.4, 0.5) is 0 Å². The second-order valence-corrected chi connectivity index (χ2v) is 5.48. The lowest BCUT2D eigenvalue weighted by Crippen LogP contribution is -2.27. The van der Waals surface area contributed by atoms with Crippen molar-refractivity contribution in [3.63, 3.8) is 0 Å². The normalized spacial score (nSPS) is 12.8. The molecule has 1 aliphatic rings. The smallest absolute Gasteiger partial charge is 0.339 e. The van der Waals surface area contributed by atoms with Crippen molar-refractivity contribution in [2.45, 2.75) is 13.5 Å². The van der Waals surface area contributed by atoms with E-state index in [0.717, 1.165) is 0 Å². The Kier molecular flexibility index (Phi) is 4.16. The number of ether oxygens (including phenoxy) is 2. The molecule has 0 unspecified atom stereocenters. The van der Waals surface area contributed by atoms with Crippen LogP contribution in [0, 0.1) is 6.92 Å². The first-order chi connectivity index (χ1) is 11.5. The summed E-state index contributed by atoms with van der Waals surface area (Å²) in [6, 6.07) is 6.58. The number of carboxylic acid groups (broad SMARTS) is 1. The molecule has 7 heteroatoms. The van der Waals surface area contributed by atoms with Gasteiger partial charge in [0.25, 0.3) is 5.91 Å². The van der Waals surface area contributed by atoms with Crippen LogP contribution in [0.15, 0.2) is 28.7 Å². The fourth-order valence-corrected chi connectivity index (χ4v) is 2.59. The third-order valence-corrected chi connectivity index (χ3v) is 3.74. The molecule has 126 valence electrons. The molecule has 0 saturated heterocycles. The largest absolute Gasteiger partial charge is 0.486 e. The Labute approximate surface area is 138 Å². The molecule has 1 aromatic heterocycles. The van der Waals surface area contributed by atoms with Crippen LogP contribution in [0.5, 0.6) is 11.5 Å². The predicted octanol–water partition coefficient (Wildman–Crippen LogP) is 2.33. The van der Waals surface area contributed by atoms with E-state index < -0.39 is 5.97 Å². The molecule has 2 aromatic rings. The van der Waals surface area contributed by atoms with Gasteiger partial charge in [-0.1, -0.05) is 6.07 Å². The van der Waals surface area contributed by atoms with Crippen molar-refractivity contribution < 1.29 is 28.6 Å². The molecule has 1 aromatic carbocycles. The van der Waals surface area contributed by atoms with Gasteiger partial charge >= 0.3 is 5.97 Å². The number of furan rings is 1. The van der Waals surface area contributed by atoms with E-state index in [4.69, 9.17) is 19.0 Å². The van der Waals surface area contributed by atoms with E-state index in [0.29, 0.717) is 41.8 Å². The van der Waals surface area contributed by atoms with Crippen molar-refractivity contribution in [3.8, 4) is 11.5 Å². The van der Waals surface area contributed by atoms with Crippen LogP contribution in [0.1, 0.15) is 32.2 Å². The van der Waals surface area contributed by atoms with Gasteiger partial charge in [-0.3, -0.25) is 4.79 Å². The monoisotopic (exact) mass is 331 g/mol. The number of fused-ring (bicyclic) bond motifs is 1. The standard InChI is InChI=1S/C17H17NO6/c1-10-13(17(20)21)8-11(24-10)9-18(2)16(19)12-4-3-5-14-15(12)23-7-6-22-14/h3-5,8H,6-7,9H2,1-2H3,(H,20,21). The van der Waals surface area contributed by atoms with Crippen molar-refractivity contribution in [3.05, 3.63) is 46.9 Å². The number of hydrogen-bond donors (Lipinski definition) is 1. The first-order valence-corrected chi connectivity index (χ1v) is 7.44.